The van der Waals surface area contributed by atoms with Crippen LogP contribution < -0.4 is 21.4 Å². The van der Waals surface area contributed by atoms with Crippen molar-refractivity contribution in [2.24, 2.45) is 15.3 Å². The van der Waals surface area contributed by atoms with Crippen LogP contribution in [0.5, 0.6) is 28.7 Å². The largest absolute Gasteiger partial charge is 0.507 e. The molecule has 7 aromatic rings. The Kier molecular flexibility index (Phi) is 18.1. The topological polar surface area (TPSA) is 461 Å². The van der Waals surface area contributed by atoms with Crippen molar-refractivity contribution in [3.8, 4) is 39.3 Å². The summed E-state index contributed by atoms with van der Waals surface area (Å²) < 4.78 is 24.9. The zero-order valence-electron chi connectivity index (χ0n) is 40.3. The summed E-state index contributed by atoms with van der Waals surface area (Å²) in [7, 11) is 0. The zero-order chi connectivity index (χ0) is 57.5. The Morgan fingerprint density at radius 2 is 1.10 bits per heavy atom. The van der Waals surface area contributed by atoms with E-state index in [9.17, 15) is 75.1 Å². The van der Waals surface area contributed by atoms with E-state index in [0.717, 1.165) is 33.6 Å². The van der Waals surface area contributed by atoms with Crippen LogP contribution in [-0.4, -0.2) is 136 Å². The number of thiazole rings is 1. The molecule has 0 spiro atoms. The molecule has 2 saturated heterocycles. The Morgan fingerprint density at radius 3 is 1.54 bits per heavy atom. The number of hydrazone groups is 3. The molecule has 0 aliphatic carbocycles. The molecule has 9 N–H and O–H groups in total. The fourth-order valence-electron chi connectivity index (χ4n) is 6.44. The minimum Gasteiger partial charge on any atom is -0.507 e. The molecule has 0 saturated carbocycles. The third-order valence-electron chi connectivity index (χ3n) is 10.2. The molecular weight excluding hydrogens is 1090 g/mol. The van der Waals surface area contributed by atoms with Gasteiger partial charge in [-0.15, -0.1) is 11.3 Å². The van der Waals surface area contributed by atoms with Crippen LogP contribution in [0.4, 0.5) is 43.4 Å². The summed E-state index contributed by atoms with van der Waals surface area (Å²) in [6.07, 6.45) is 1.08. The van der Waals surface area contributed by atoms with Crippen LogP contribution >= 0.6 is 11.3 Å². The van der Waals surface area contributed by atoms with Gasteiger partial charge in [-0.1, -0.05) is 12.1 Å². The maximum absolute atomic E-state index is 12.1. The van der Waals surface area contributed by atoms with Gasteiger partial charge in [0.25, 0.3) is 5.91 Å². The van der Waals surface area contributed by atoms with Crippen LogP contribution in [-0.2, 0) is 9.47 Å². The maximum Gasteiger partial charge on any atom is 0.433 e. The molecule has 2 atom stereocenters. The van der Waals surface area contributed by atoms with E-state index in [1.165, 1.54) is 78.5 Å². The predicted molar refractivity (Wildman–Crippen MR) is 275 cm³/mol. The molecule has 414 valence electrons. The Bertz CT molecular complexity index is 3380. The minimum absolute atomic E-state index is 0.0101. The fraction of sp³-hybridized carbons (Fsp3) is 0.130. The van der Waals surface area contributed by atoms with Crippen molar-refractivity contribution in [2.45, 2.75) is 12.2 Å². The van der Waals surface area contributed by atoms with Gasteiger partial charge in [0, 0.05) is 28.9 Å². The lowest BCUT2D eigenvalue weighted by Crippen LogP contribution is -2.37. The number of hydrogen-bond acceptors (Lipinski definition) is 27. The second-order valence-corrected chi connectivity index (χ2v) is 16.7. The number of nitrogens with one attached hydrogen (secondary N) is 4. The van der Waals surface area contributed by atoms with E-state index >= 15 is 0 Å². The number of aromatic hydroxyl groups is 5. The van der Waals surface area contributed by atoms with E-state index in [4.69, 9.17) is 22.7 Å². The Labute approximate surface area is 449 Å². The first-order valence-electron chi connectivity index (χ1n) is 22.5. The van der Waals surface area contributed by atoms with Gasteiger partial charge in [-0.25, -0.2) is 24.8 Å². The van der Waals surface area contributed by atoms with Gasteiger partial charge in [0.05, 0.1) is 68.6 Å². The van der Waals surface area contributed by atoms with Crippen LogP contribution in [0.25, 0.3) is 10.6 Å². The van der Waals surface area contributed by atoms with E-state index < -0.39 is 68.8 Å². The number of imide groups is 1. The van der Waals surface area contributed by atoms with Gasteiger partial charge in [-0.2, -0.15) is 25.3 Å². The monoisotopic (exact) mass is 1130 g/mol. The molecule has 3 aromatic carbocycles. The van der Waals surface area contributed by atoms with E-state index in [1.807, 2.05) is 10.7 Å². The third kappa shape index (κ3) is 15.5. The second kappa shape index (κ2) is 25.8. The summed E-state index contributed by atoms with van der Waals surface area (Å²) in [5, 5.41) is 102. The molecule has 2 aliphatic heterocycles. The summed E-state index contributed by atoms with van der Waals surface area (Å²) in [5.74, 6) is -2.75. The number of furan rings is 3. The number of rotatable bonds is 17. The number of ether oxygens (including phenoxy) is 2. The van der Waals surface area contributed by atoms with E-state index in [0.29, 0.717) is 21.9 Å². The molecule has 33 nitrogen and oxygen atoms in total. The standard InChI is InChI=1S/C16H11N5O6S.2C15H14N4O7/c22-12-4-2-1-3-10(12)15-18-11(8-28-15)14(23)19-16(24)20-17-7-9-5-6-13(27-9)21(25)26;2*20-12-3-1-9(5-13(12)21)16-6-11-8-18(15(22)26-11)17-7-10-2-4-14(25-10)19(23)24/h1-8,22H,(H2,19,20,23,24);2*1-5,7,11,16,20-21H,6,8H2/b3*17-7+/t;2*11-/m.10/s1. The molecule has 2 fully saturated rings. The van der Waals surface area contributed by atoms with Crippen molar-refractivity contribution in [3.63, 3.8) is 0 Å². The highest BCUT2D eigenvalue weighted by Crippen LogP contribution is 2.32. The lowest BCUT2D eigenvalue weighted by molar-refractivity contribution is -0.402. The molecule has 9 rings (SSSR count). The summed E-state index contributed by atoms with van der Waals surface area (Å²) >= 11 is 1.13. The molecule has 0 unspecified atom stereocenters. The van der Waals surface area contributed by atoms with Crippen LogP contribution in [0.3, 0.4) is 0 Å². The van der Waals surface area contributed by atoms with Gasteiger partial charge in [-0.05, 0) is 54.6 Å². The molecular formula is C46H39N13O20S. The van der Waals surface area contributed by atoms with Crippen molar-refractivity contribution in [1.82, 2.24) is 25.7 Å². The highest BCUT2D eigenvalue weighted by atomic mass is 32.1. The number of carbonyl (C=O) groups is 4. The number of benzene rings is 3. The first-order valence-corrected chi connectivity index (χ1v) is 23.3. The number of nitrogens with zero attached hydrogens (tertiary/aromatic N) is 9. The number of para-hydroxylation sites is 1. The van der Waals surface area contributed by atoms with Crippen LogP contribution in [0.1, 0.15) is 27.8 Å². The molecule has 5 amide bonds. The van der Waals surface area contributed by atoms with Crippen LogP contribution in [0.15, 0.2) is 131 Å². The number of carbonyl (C=O) groups excluding carboxylic acids is 4. The van der Waals surface area contributed by atoms with E-state index in [-0.39, 0.29) is 77.9 Å². The number of hydrogen-bond donors (Lipinski definition) is 9. The van der Waals surface area contributed by atoms with E-state index in [2.05, 4.69) is 30.9 Å². The van der Waals surface area contributed by atoms with Crippen molar-refractivity contribution in [3.05, 3.63) is 156 Å². The SMILES string of the molecule is O=C(N/N=C/c1ccc([N+](=O)[O-])o1)NC(=O)c1csc(-c2ccccc2O)n1.O=C1O[C@@H](CNc2ccc(O)c(O)c2)CN1/N=C/c1ccc([N+](=O)[O-])o1.O=C1O[C@H](CNc2ccc(O)c(O)c2)CN1/N=C/c1ccc([N+](=O)[O-])o1. The molecule has 2 aliphatic rings. The number of cyclic esters (lactones) is 2. The van der Waals surface area contributed by atoms with Crippen molar-refractivity contribution < 1.29 is 82.2 Å². The van der Waals surface area contributed by atoms with Crippen molar-refractivity contribution >= 4 is 83.1 Å². The third-order valence-corrected chi connectivity index (χ3v) is 11.1. The molecule has 80 heavy (non-hydrogen) atoms. The predicted octanol–water partition coefficient (Wildman–Crippen LogP) is 6.22. The quantitative estimate of drug-likeness (QED) is 0.0160. The van der Waals surface area contributed by atoms with Gasteiger partial charge in [0.15, 0.2) is 40.3 Å². The fourth-order valence-corrected chi connectivity index (χ4v) is 7.27. The number of aromatic nitrogens is 1. The highest BCUT2D eigenvalue weighted by molar-refractivity contribution is 7.13. The zero-order valence-corrected chi connectivity index (χ0v) is 41.1. The van der Waals surface area contributed by atoms with Gasteiger partial charge >= 0.3 is 35.9 Å². The smallest absolute Gasteiger partial charge is 0.433 e. The van der Waals surface area contributed by atoms with Gasteiger partial charge < -0.3 is 58.9 Å². The van der Waals surface area contributed by atoms with Gasteiger partial charge in [0.1, 0.15) is 43.4 Å². The lowest BCUT2D eigenvalue weighted by Gasteiger charge is -2.11. The molecule has 0 bridgehead atoms. The summed E-state index contributed by atoms with van der Waals surface area (Å²) in [4.78, 5) is 80.9. The summed E-state index contributed by atoms with van der Waals surface area (Å²) in [6.45, 7) is 0.840. The average molecular weight is 1130 g/mol. The number of nitro groups is 3. The average Bonchev–Trinajstić information content (AvgIpc) is 4.31. The van der Waals surface area contributed by atoms with Crippen LogP contribution in [0.2, 0.25) is 0 Å². The summed E-state index contributed by atoms with van der Waals surface area (Å²) in [6, 6.07) is 21.6. The minimum atomic E-state index is -0.931. The number of anilines is 2. The molecule has 4 aromatic heterocycles. The van der Waals surface area contributed by atoms with Gasteiger partial charge in [-0.3, -0.25) is 40.5 Å². The first kappa shape index (κ1) is 56.2. The lowest BCUT2D eigenvalue weighted by atomic mass is 10.2. The number of phenolic OH excluding ortho intramolecular Hbond substituents is 5. The Balaban J connectivity index is 0.000000174. The molecule has 6 heterocycles. The first-order chi connectivity index (χ1) is 38.3. The van der Waals surface area contributed by atoms with Crippen molar-refractivity contribution in [2.75, 3.05) is 36.8 Å². The van der Waals surface area contributed by atoms with Crippen molar-refractivity contribution in [1.29, 1.82) is 0 Å². The number of phenols is 5. The van der Waals surface area contributed by atoms with Crippen LogP contribution in [0, 0.1) is 30.3 Å². The Morgan fingerprint density at radius 1 is 0.637 bits per heavy atom. The number of urea groups is 1. The summed E-state index contributed by atoms with van der Waals surface area (Å²) in [5.41, 5.74) is 3.56. The maximum atomic E-state index is 12.1. The number of amides is 5. The normalized spacial score (nSPS) is 14.7. The highest BCUT2D eigenvalue weighted by Gasteiger charge is 2.32. The Hall–Kier alpha value is -11.6. The molecule has 0 radical (unpaired) electrons. The van der Waals surface area contributed by atoms with E-state index in [1.54, 1.807) is 30.3 Å². The second-order valence-electron chi connectivity index (χ2n) is 15.8. The van der Waals surface area contributed by atoms with Gasteiger partial charge in [0.2, 0.25) is 0 Å². The molecule has 34 heteroatoms.